The van der Waals surface area contributed by atoms with E-state index < -0.39 is 50.4 Å². The fourth-order valence-corrected chi connectivity index (χ4v) is 7.63. The number of nitrogen functional groups attached to an aromatic ring is 1. The summed E-state index contributed by atoms with van der Waals surface area (Å²) in [6, 6.07) is 11.5. The summed E-state index contributed by atoms with van der Waals surface area (Å²) in [4.78, 5) is 26.0. The van der Waals surface area contributed by atoms with Crippen LogP contribution in [0, 0.1) is 5.92 Å². The Morgan fingerprint density at radius 1 is 1.18 bits per heavy atom. The molecule has 2 aromatic carbocycles. The van der Waals surface area contributed by atoms with Gasteiger partial charge in [0.1, 0.15) is 35.7 Å². The molecular weight excluding hydrogens is 659 g/mol. The molecule has 6 atom stereocenters. The monoisotopic (exact) mass is 700 g/mol. The van der Waals surface area contributed by atoms with Crippen LogP contribution in [-0.4, -0.2) is 92.6 Å². The first-order chi connectivity index (χ1) is 23.4. The Kier molecular flexibility index (Phi) is 10.1. The number of nitrogens with two attached hydrogens (primary N) is 1. The van der Waals surface area contributed by atoms with Crippen molar-refractivity contribution in [1.82, 2.24) is 24.6 Å². The van der Waals surface area contributed by atoms with Crippen LogP contribution in [0.2, 0.25) is 0 Å². The Labute approximate surface area is 282 Å². The third-order valence-corrected chi connectivity index (χ3v) is 10.2. The van der Waals surface area contributed by atoms with Crippen LogP contribution in [0.5, 0.6) is 11.6 Å². The number of aliphatic hydroxyl groups excluding tert-OH is 1. The molecule has 0 amide bonds. The van der Waals surface area contributed by atoms with Crippen molar-refractivity contribution in [2.45, 2.75) is 69.8 Å². The lowest BCUT2D eigenvalue weighted by atomic mass is 9.96. The van der Waals surface area contributed by atoms with Crippen LogP contribution in [-0.2, 0) is 28.1 Å². The van der Waals surface area contributed by atoms with E-state index in [0.717, 1.165) is 5.39 Å². The maximum atomic E-state index is 14.7. The standard InChI is InChI=1S/C32H41N6O10P/c1-18(2)24(29(40)46-20-12-14-44-15-13-20)37-49(42,48-22-11-7-9-19-8-5-6-10-21(19)22)45-16-23-26(39)32(3,41)30(47-23)38-17-34-25-27(38)35-31(33)36-28(25)43-4/h5-11,17-18,20,23-24,26,30,39,41H,12-16H2,1-4H3,(H,37,42)(H2,33,35,36)/t23-,24+,26-,30?,32-,49?/m1/s1. The highest BCUT2D eigenvalue weighted by atomic mass is 31.2. The van der Waals surface area contributed by atoms with Gasteiger partial charge in [-0.3, -0.25) is 13.9 Å². The molecular formula is C32H41N6O10P. The van der Waals surface area contributed by atoms with E-state index in [1.165, 1.54) is 24.9 Å². The number of methoxy groups -OCH3 is 1. The predicted molar refractivity (Wildman–Crippen MR) is 177 cm³/mol. The van der Waals surface area contributed by atoms with Crippen molar-refractivity contribution in [2.24, 2.45) is 5.92 Å². The van der Waals surface area contributed by atoms with Gasteiger partial charge in [0.15, 0.2) is 17.4 Å². The van der Waals surface area contributed by atoms with Gasteiger partial charge in [0.2, 0.25) is 11.8 Å². The zero-order valence-corrected chi connectivity index (χ0v) is 28.5. The van der Waals surface area contributed by atoms with Gasteiger partial charge in [-0.05, 0) is 24.3 Å². The first-order valence-electron chi connectivity index (χ1n) is 16.0. The molecule has 2 aliphatic heterocycles. The van der Waals surface area contributed by atoms with E-state index in [-0.39, 0.29) is 40.8 Å². The van der Waals surface area contributed by atoms with E-state index in [2.05, 4.69) is 20.0 Å². The molecule has 0 radical (unpaired) electrons. The molecule has 5 N–H and O–H groups in total. The van der Waals surface area contributed by atoms with Crippen LogP contribution in [0.4, 0.5) is 5.95 Å². The van der Waals surface area contributed by atoms with Crippen molar-refractivity contribution >= 4 is 41.6 Å². The van der Waals surface area contributed by atoms with E-state index in [4.69, 9.17) is 33.7 Å². The number of benzene rings is 2. The van der Waals surface area contributed by atoms with Crippen molar-refractivity contribution in [1.29, 1.82) is 0 Å². The first-order valence-corrected chi connectivity index (χ1v) is 17.5. The summed E-state index contributed by atoms with van der Waals surface area (Å²) in [7, 11) is -3.04. The average Bonchev–Trinajstić information content (AvgIpc) is 3.59. The number of imidazole rings is 1. The fraction of sp³-hybridized carbons (Fsp3) is 0.500. The number of nitrogens with zero attached hydrogens (tertiary/aromatic N) is 4. The molecule has 2 fully saturated rings. The molecule has 6 rings (SSSR count). The number of aromatic nitrogens is 4. The van der Waals surface area contributed by atoms with E-state index in [9.17, 15) is 19.6 Å². The number of rotatable bonds is 12. The maximum Gasteiger partial charge on any atom is 0.459 e. The number of fused-ring (bicyclic) bond motifs is 2. The number of hydrogen-bond donors (Lipinski definition) is 4. The quantitative estimate of drug-likeness (QED) is 0.124. The highest BCUT2D eigenvalue weighted by Crippen LogP contribution is 2.49. The van der Waals surface area contributed by atoms with Gasteiger partial charge in [-0.25, -0.2) is 9.55 Å². The number of anilines is 1. The summed E-state index contributed by atoms with van der Waals surface area (Å²) in [5, 5.41) is 27.1. The van der Waals surface area contributed by atoms with Gasteiger partial charge in [-0.15, -0.1) is 0 Å². The summed E-state index contributed by atoms with van der Waals surface area (Å²) in [5.41, 5.74) is 4.42. The minimum absolute atomic E-state index is 0.100. The molecule has 264 valence electrons. The van der Waals surface area contributed by atoms with Crippen LogP contribution in [0.25, 0.3) is 21.9 Å². The minimum atomic E-state index is -4.44. The first kappa shape index (κ1) is 35.0. The summed E-state index contributed by atoms with van der Waals surface area (Å²) in [6.07, 6.45) is -1.89. The van der Waals surface area contributed by atoms with Gasteiger partial charge in [-0.2, -0.15) is 15.1 Å². The Morgan fingerprint density at radius 2 is 1.92 bits per heavy atom. The Balaban J connectivity index is 1.28. The third kappa shape index (κ3) is 7.22. The predicted octanol–water partition coefficient (Wildman–Crippen LogP) is 3.12. The molecule has 2 saturated heterocycles. The maximum absolute atomic E-state index is 14.7. The molecule has 2 unspecified atom stereocenters. The lowest BCUT2D eigenvalue weighted by Gasteiger charge is -2.30. The zero-order chi connectivity index (χ0) is 34.9. The number of aliphatic hydroxyl groups is 2. The molecule has 49 heavy (non-hydrogen) atoms. The number of carbonyl (C=O) groups is 1. The summed E-state index contributed by atoms with van der Waals surface area (Å²) in [6.45, 7) is 5.35. The molecule has 16 nitrogen and oxygen atoms in total. The Hall–Kier alpha value is -3.89. The van der Waals surface area contributed by atoms with Crippen LogP contribution in [0.1, 0.15) is 39.8 Å². The minimum Gasteiger partial charge on any atom is -0.479 e. The Morgan fingerprint density at radius 3 is 2.65 bits per heavy atom. The topological polar surface area (TPSA) is 212 Å². The van der Waals surface area contributed by atoms with Crippen LogP contribution < -0.4 is 20.1 Å². The number of ether oxygens (including phenoxy) is 4. The summed E-state index contributed by atoms with van der Waals surface area (Å²) >= 11 is 0. The van der Waals surface area contributed by atoms with Crippen molar-refractivity contribution in [3.63, 3.8) is 0 Å². The van der Waals surface area contributed by atoms with Gasteiger partial charge in [0, 0.05) is 18.2 Å². The Bertz CT molecular complexity index is 1840. The molecule has 4 aromatic rings. The second-order valence-electron chi connectivity index (χ2n) is 12.6. The van der Waals surface area contributed by atoms with Crippen molar-refractivity contribution in [3.8, 4) is 11.6 Å². The van der Waals surface area contributed by atoms with Crippen molar-refractivity contribution in [3.05, 3.63) is 48.8 Å². The number of carbonyl (C=O) groups excluding carboxylic acids is 1. The van der Waals surface area contributed by atoms with Crippen molar-refractivity contribution in [2.75, 3.05) is 32.7 Å². The average molecular weight is 701 g/mol. The highest BCUT2D eigenvalue weighted by Gasteiger charge is 2.54. The van der Waals surface area contributed by atoms with E-state index in [0.29, 0.717) is 31.4 Å². The molecule has 4 heterocycles. The molecule has 17 heteroatoms. The number of hydrogen-bond acceptors (Lipinski definition) is 14. The molecule has 0 spiro atoms. The van der Waals surface area contributed by atoms with Gasteiger partial charge < -0.3 is 39.4 Å². The molecule has 2 aromatic heterocycles. The fourth-order valence-electron chi connectivity index (χ4n) is 5.94. The lowest BCUT2D eigenvalue weighted by molar-refractivity contribution is -0.156. The van der Waals surface area contributed by atoms with Gasteiger partial charge in [0.05, 0.1) is 33.3 Å². The van der Waals surface area contributed by atoms with Crippen LogP contribution >= 0.6 is 7.75 Å². The highest BCUT2D eigenvalue weighted by molar-refractivity contribution is 7.52. The SMILES string of the molecule is COc1nc(N)nc2c1ncn2C1O[C@H](COP(=O)(N[C@H](C(=O)OC2CCOCC2)C(C)C)Oc2cccc3ccccc23)[C@@H](O)[C@@]1(C)O. The largest absolute Gasteiger partial charge is 0.479 e. The van der Waals surface area contributed by atoms with E-state index >= 15 is 0 Å². The zero-order valence-electron chi connectivity index (χ0n) is 27.6. The smallest absolute Gasteiger partial charge is 0.459 e. The second kappa shape index (κ2) is 14.2. The second-order valence-corrected chi connectivity index (χ2v) is 14.3. The lowest BCUT2D eigenvalue weighted by Crippen LogP contribution is -2.45. The van der Waals surface area contributed by atoms with Gasteiger partial charge in [0.25, 0.3) is 0 Å². The van der Waals surface area contributed by atoms with Crippen LogP contribution in [0.15, 0.2) is 48.8 Å². The normalized spacial score (nSPS) is 25.0. The van der Waals surface area contributed by atoms with Gasteiger partial charge >= 0.3 is 13.7 Å². The molecule has 0 aliphatic carbocycles. The number of nitrogens with one attached hydrogen (secondary N) is 1. The number of esters is 1. The van der Waals surface area contributed by atoms with Crippen LogP contribution in [0.3, 0.4) is 0 Å². The molecule has 2 aliphatic rings. The van der Waals surface area contributed by atoms with Gasteiger partial charge in [-0.1, -0.05) is 50.2 Å². The molecule has 0 bridgehead atoms. The third-order valence-electron chi connectivity index (χ3n) is 8.65. The van der Waals surface area contributed by atoms with E-state index in [1.807, 2.05) is 24.3 Å². The molecule has 0 saturated carbocycles. The summed E-state index contributed by atoms with van der Waals surface area (Å²) in [5.74, 6) is -0.747. The van der Waals surface area contributed by atoms with Crippen molar-refractivity contribution < 1.29 is 47.6 Å². The van der Waals surface area contributed by atoms with E-state index in [1.54, 1.807) is 32.0 Å². The summed E-state index contributed by atoms with van der Waals surface area (Å²) < 4.78 is 50.7.